The number of benzene rings is 1. The molecule has 21 heteroatoms. The highest BCUT2D eigenvalue weighted by molar-refractivity contribution is 7.10. The van der Waals surface area contributed by atoms with Gasteiger partial charge < -0.3 is 39.0 Å². The molecular weight excluding hydrogens is 982 g/mol. The number of amides is 4. The first-order chi connectivity index (χ1) is 34.7. The van der Waals surface area contributed by atoms with Crippen molar-refractivity contribution in [3.63, 3.8) is 0 Å². The number of nitrogens with one attached hydrogen (secondary N) is 2. The number of carbonyl (C=O) groups is 5. The summed E-state index contributed by atoms with van der Waals surface area (Å²) < 4.78 is 44.8. The van der Waals surface area contributed by atoms with Gasteiger partial charge in [-0.25, -0.2) is 19.2 Å². The van der Waals surface area contributed by atoms with Crippen LogP contribution in [0.25, 0.3) is 33.4 Å². The summed E-state index contributed by atoms with van der Waals surface area (Å²) in [6.45, 7) is 15.9. The molecule has 73 heavy (non-hydrogen) atoms. The number of esters is 1. The highest BCUT2D eigenvalue weighted by atomic mass is 35.5. The molecule has 0 saturated carbocycles. The zero-order chi connectivity index (χ0) is 52.6. The lowest BCUT2D eigenvalue weighted by Gasteiger charge is -2.37. The molecule has 4 amide bonds. The van der Waals surface area contributed by atoms with Crippen LogP contribution in [0.2, 0.25) is 0 Å². The van der Waals surface area contributed by atoms with E-state index in [-0.39, 0.29) is 50.8 Å². The van der Waals surface area contributed by atoms with Crippen molar-refractivity contribution < 1.29 is 42.2 Å². The van der Waals surface area contributed by atoms with Crippen molar-refractivity contribution in [2.24, 2.45) is 17.3 Å². The van der Waals surface area contributed by atoms with Gasteiger partial charge in [0.1, 0.15) is 23.9 Å². The van der Waals surface area contributed by atoms with Gasteiger partial charge in [0.05, 0.1) is 58.1 Å². The van der Waals surface area contributed by atoms with E-state index in [1.165, 1.54) is 33.2 Å². The Balaban J connectivity index is 1.20. The first-order valence-electron chi connectivity index (χ1n) is 25.3. The lowest BCUT2D eigenvalue weighted by atomic mass is 9.84. The Hall–Kier alpha value is -5.28. The highest BCUT2D eigenvalue weighted by Crippen LogP contribution is 2.44. The molecule has 6 bridgehead atoms. The normalized spacial score (nSPS) is 22.3. The van der Waals surface area contributed by atoms with E-state index in [1.54, 1.807) is 32.4 Å². The predicted octanol–water partition coefficient (Wildman–Crippen LogP) is 5.96. The van der Waals surface area contributed by atoms with E-state index in [4.69, 9.17) is 31.0 Å². The average molecular weight is 1050 g/mol. The highest BCUT2D eigenvalue weighted by Gasteiger charge is 2.41. The second-order valence-electron chi connectivity index (χ2n) is 21.1. The van der Waals surface area contributed by atoms with Crippen LogP contribution in [-0.4, -0.2) is 161 Å². The number of hydrazine groups is 1. The van der Waals surface area contributed by atoms with E-state index < -0.39 is 76.4 Å². The fraction of sp³-hybridized carbons (Fsp3) is 0.596. The maximum atomic E-state index is 17.0. The molecule has 3 fully saturated rings. The van der Waals surface area contributed by atoms with Crippen LogP contribution in [0.4, 0.5) is 14.5 Å². The van der Waals surface area contributed by atoms with Crippen molar-refractivity contribution in [1.82, 2.24) is 45.0 Å². The summed E-state index contributed by atoms with van der Waals surface area (Å²) in [4.78, 5) is 86.6. The molecular formula is C52H69ClF2N10O7S. The number of cyclic esters (lactones) is 1. The Bertz CT molecular complexity index is 2730. The Morgan fingerprint density at radius 2 is 1.81 bits per heavy atom. The lowest BCUT2D eigenvalue weighted by Crippen LogP contribution is -2.62. The number of anilines is 1. The van der Waals surface area contributed by atoms with Gasteiger partial charge >= 0.3 is 5.97 Å². The predicted molar refractivity (Wildman–Crippen MR) is 276 cm³/mol. The maximum Gasteiger partial charge on any atom is 0.324 e. The third-order valence-electron chi connectivity index (χ3n) is 14.9. The summed E-state index contributed by atoms with van der Waals surface area (Å²) in [5.74, 6) is -4.63. The second-order valence-corrected chi connectivity index (χ2v) is 22.4. The summed E-state index contributed by atoms with van der Waals surface area (Å²) in [5.41, 5.74) is 5.89. The van der Waals surface area contributed by atoms with Crippen molar-refractivity contribution in [1.29, 1.82) is 0 Å². The van der Waals surface area contributed by atoms with Gasteiger partial charge in [-0.1, -0.05) is 39.3 Å². The van der Waals surface area contributed by atoms with Crippen LogP contribution >= 0.6 is 22.9 Å². The monoisotopic (exact) mass is 1050 g/mol. The fourth-order valence-corrected chi connectivity index (χ4v) is 11.8. The molecule has 4 aromatic rings. The Labute approximate surface area is 434 Å². The number of alkyl halides is 2. The molecule has 6 atom stereocenters. The van der Waals surface area contributed by atoms with Crippen LogP contribution < -0.4 is 15.6 Å². The summed E-state index contributed by atoms with van der Waals surface area (Å²) in [6.07, 6.45) is 2.99. The lowest BCUT2D eigenvalue weighted by molar-refractivity contribution is -0.155. The van der Waals surface area contributed by atoms with E-state index in [2.05, 4.69) is 38.2 Å². The Kier molecular flexibility index (Phi) is 16.5. The minimum absolute atomic E-state index is 0.0282. The third kappa shape index (κ3) is 11.4. The quantitative estimate of drug-likeness (QED) is 0.134. The number of hydrogen-bond donors (Lipinski definition) is 2. The molecule has 0 radical (unpaired) electrons. The number of pyridine rings is 1. The van der Waals surface area contributed by atoms with Crippen molar-refractivity contribution in [2.45, 2.75) is 110 Å². The minimum atomic E-state index is -2.23. The molecule has 3 aromatic heterocycles. The molecule has 1 aromatic carbocycles. The number of ether oxygens (including phenoxy) is 2. The van der Waals surface area contributed by atoms with E-state index in [1.807, 2.05) is 40.0 Å². The summed E-state index contributed by atoms with van der Waals surface area (Å²) in [7, 11) is 5.27. The summed E-state index contributed by atoms with van der Waals surface area (Å²) in [5, 5.41) is 7.25. The second kappa shape index (κ2) is 22.3. The zero-order valence-electron chi connectivity index (χ0n) is 43.3. The molecule has 0 spiro atoms. The number of nitrogens with zero attached hydrogens (tertiary/aromatic N) is 8. The number of methoxy groups -OCH3 is 1. The van der Waals surface area contributed by atoms with Gasteiger partial charge in [0, 0.05) is 100 Å². The van der Waals surface area contributed by atoms with E-state index in [0.29, 0.717) is 42.0 Å². The number of likely N-dealkylation sites (N-methyl/N-ethyl adjacent to an activating group) is 2. The number of piperazine rings is 1. The molecule has 4 aliphatic rings. The number of hydrogen-bond acceptors (Lipinski definition) is 13. The smallest absolute Gasteiger partial charge is 0.324 e. The zero-order valence-corrected chi connectivity index (χ0v) is 44.9. The Morgan fingerprint density at radius 1 is 1.07 bits per heavy atom. The van der Waals surface area contributed by atoms with Gasteiger partial charge in [0.15, 0.2) is 0 Å². The minimum Gasteiger partial charge on any atom is -0.464 e. The largest absolute Gasteiger partial charge is 0.464 e. The first-order valence-corrected chi connectivity index (χ1v) is 26.7. The third-order valence-corrected chi connectivity index (χ3v) is 15.9. The molecule has 0 aliphatic carbocycles. The first kappa shape index (κ1) is 54.0. The molecule has 7 heterocycles. The van der Waals surface area contributed by atoms with Crippen LogP contribution in [0.3, 0.4) is 0 Å². The number of thiazole rings is 1. The maximum absolute atomic E-state index is 17.0. The van der Waals surface area contributed by atoms with Crippen molar-refractivity contribution in [3.8, 4) is 22.5 Å². The van der Waals surface area contributed by atoms with Crippen LogP contribution in [0.5, 0.6) is 0 Å². The van der Waals surface area contributed by atoms with Gasteiger partial charge in [0.25, 0.3) is 17.4 Å². The number of fused-ring (bicyclic) bond motifs is 6. The number of rotatable bonds is 11. The number of aromatic nitrogens is 3. The number of halogens is 3. The topological polar surface area (TPSA) is 175 Å². The van der Waals surface area contributed by atoms with E-state index >= 15 is 4.39 Å². The van der Waals surface area contributed by atoms with E-state index in [0.717, 1.165) is 59.8 Å². The van der Waals surface area contributed by atoms with Gasteiger partial charge in [0.2, 0.25) is 11.8 Å². The summed E-state index contributed by atoms with van der Waals surface area (Å²) in [6, 6.07) is 2.41. The standard InChI is InChI=1S/C52H69ClF2N10O7S/c1-10-64-41-22-37(54)34-21-33(41)36(45(64)35-20-32(25-56-43(35)30(4)71-9)62-18-16-60(7)17-19-62)24-52(5,6)28-72-51(70)38-12-11-14-65(59-38)49(68)39(23-42-57-40(34)27-73-42)58-47(66)44(29(2)3)61(8)48(67)31-13-15-63(26-31)50(69)46(53)55/h20-22,25,27,29-31,38-39,44,46,59H,10-19,23-24,26,28H2,1-9H3,(H,58,66)/t30-,31-,38-,39-,44-,46-/m0/s1. The van der Waals surface area contributed by atoms with Gasteiger partial charge in [-0.05, 0) is 76.3 Å². The number of aryl methyl sites for hydroxylation is 1. The SMILES string of the molecule is CCn1c(-c2cc(N3CCN(C)CC3)cnc2[C@H](C)OC)c2c3cc(c(F)cc31)-c1csc(n1)C[C@H](NC(=O)[C@H](C(C)C)N(C)C(=O)[C@H]1CCN(C(=O)[C@H](F)Cl)C1)C(=O)N1CCC[C@H](N1)C(=O)OCC(C)(C)C2. The average Bonchev–Trinajstić information content (AvgIpc) is 4.12. The van der Waals surface area contributed by atoms with Crippen LogP contribution in [0.1, 0.15) is 83.2 Å². The Morgan fingerprint density at radius 3 is 2.49 bits per heavy atom. The number of carbonyl (C=O) groups excluding carboxylic acids is 5. The van der Waals surface area contributed by atoms with Crippen LogP contribution in [-0.2, 0) is 52.8 Å². The van der Waals surface area contributed by atoms with Gasteiger partial charge in [-0.15, -0.1) is 11.3 Å². The van der Waals surface area contributed by atoms with Crippen LogP contribution in [0.15, 0.2) is 29.8 Å². The number of likely N-dealkylation sites (tertiary alicyclic amines) is 1. The molecule has 17 nitrogen and oxygen atoms in total. The molecule has 4 aliphatic heterocycles. The van der Waals surface area contributed by atoms with E-state index in [9.17, 15) is 28.4 Å². The van der Waals surface area contributed by atoms with Crippen molar-refractivity contribution >= 4 is 69.1 Å². The van der Waals surface area contributed by atoms with Gasteiger partial charge in [-0.2, -0.15) is 0 Å². The van der Waals surface area contributed by atoms with Crippen molar-refractivity contribution in [2.75, 3.05) is 78.5 Å². The van der Waals surface area contributed by atoms with Gasteiger partial charge in [-0.3, -0.25) is 34.0 Å². The van der Waals surface area contributed by atoms with Crippen molar-refractivity contribution in [3.05, 3.63) is 51.9 Å². The summed E-state index contributed by atoms with van der Waals surface area (Å²) >= 11 is 6.64. The van der Waals surface area contributed by atoms with Crippen LogP contribution in [0, 0.1) is 23.1 Å². The molecule has 3 saturated heterocycles. The fourth-order valence-electron chi connectivity index (χ4n) is 10.8. The molecule has 396 valence electrons. The molecule has 2 N–H and O–H groups in total. The molecule has 8 rings (SSSR count). The molecule has 0 unspecified atom stereocenters.